The van der Waals surface area contributed by atoms with Crippen molar-refractivity contribution in [1.29, 1.82) is 0 Å². The summed E-state index contributed by atoms with van der Waals surface area (Å²) in [5, 5.41) is 13.2. The normalized spacial score (nSPS) is 9.62. The van der Waals surface area contributed by atoms with Crippen LogP contribution in [0, 0.1) is 0 Å². The summed E-state index contributed by atoms with van der Waals surface area (Å²) in [7, 11) is 0. The lowest BCUT2D eigenvalue weighted by atomic mass is 10.3. The highest BCUT2D eigenvalue weighted by Gasteiger charge is 2.07. The van der Waals surface area contributed by atoms with Crippen LogP contribution in [0.25, 0.3) is 0 Å². The third-order valence-electron chi connectivity index (χ3n) is 1.43. The van der Waals surface area contributed by atoms with E-state index in [1.165, 1.54) is 22.8 Å². The van der Waals surface area contributed by atoms with Crippen LogP contribution >= 0.6 is 11.3 Å². The molecule has 0 bridgehead atoms. The first-order chi connectivity index (χ1) is 6.13. The summed E-state index contributed by atoms with van der Waals surface area (Å²) < 4.78 is 0. The van der Waals surface area contributed by atoms with Gasteiger partial charge in [-0.1, -0.05) is 6.92 Å². The van der Waals surface area contributed by atoms with Gasteiger partial charge in [-0.25, -0.2) is 4.79 Å². The Balaban J connectivity index is 2.69. The fourth-order valence-electron chi connectivity index (χ4n) is 0.740. The first-order valence-corrected chi connectivity index (χ1v) is 4.63. The Morgan fingerprint density at radius 1 is 1.62 bits per heavy atom. The van der Waals surface area contributed by atoms with Crippen LogP contribution in [0.5, 0.6) is 0 Å². The van der Waals surface area contributed by atoms with Crippen molar-refractivity contribution in [2.45, 2.75) is 13.3 Å². The van der Waals surface area contributed by atoms with E-state index in [4.69, 9.17) is 5.11 Å². The number of carboxylic acid groups (broad SMARTS) is 1. The molecule has 0 aliphatic rings. The molecule has 0 fully saturated rings. The van der Waals surface area contributed by atoms with Gasteiger partial charge in [-0.05, 0) is 6.07 Å². The van der Waals surface area contributed by atoms with E-state index < -0.39 is 5.97 Å². The molecule has 0 aromatic carbocycles. The number of hydrogen-bond donors (Lipinski definition) is 2. The predicted octanol–water partition coefficient (Wildman–Crippen LogP) is 1.79. The van der Waals surface area contributed by atoms with Crippen molar-refractivity contribution < 1.29 is 14.7 Å². The Labute approximate surface area is 79.2 Å². The van der Waals surface area contributed by atoms with Crippen molar-refractivity contribution in [3.63, 3.8) is 0 Å². The van der Waals surface area contributed by atoms with E-state index in [1.54, 1.807) is 6.92 Å². The maximum atomic E-state index is 10.9. The van der Waals surface area contributed by atoms with Crippen LogP contribution in [0.2, 0.25) is 0 Å². The number of anilines is 1. The predicted molar refractivity (Wildman–Crippen MR) is 50.2 cm³/mol. The fraction of sp³-hybridized carbons (Fsp3) is 0.250. The van der Waals surface area contributed by atoms with Crippen molar-refractivity contribution in [2.75, 3.05) is 5.32 Å². The van der Waals surface area contributed by atoms with Gasteiger partial charge in [-0.3, -0.25) is 4.79 Å². The minimum atomic E-state index is -0.978. The number of amides is 1. The lowest BCUT2D eigenvalue weighted by molar-refractivity contribution is -0.115. The average molecular weight is 199 g/mol. The molecular formula is C8H9NO3S. The van der Waals surface area contributed by atoms with Gasteiger partial charge in [0.05, 0.1) is 10.6 Å². The van der Waals surface area contributed by atoms with Crippen LogP contribution < -0.4 is 5.32 Å². The second-order valence-electron chi connectivity index (χ2n) is 2.41. The highest BCUT2D eigenvalue weighted by Crippen LogP contribution is 2.20. The number of carbonyl (C=O) groups is 2. The molecule has 0 aliphatic heterocycles. The minimum Gasteiger partial charge on any atom is -0.478 e. The second kappa shape index (κ2) is 4.04. The summed E-state index contributed by atoms with van der Waals surface area (Å²) in [6.45, 7) is 1.74. The molecule has 0 unspecified atom stereocenters. The zero-order valence-corrected chi connectivity index (χ0v) is 7.85. The topological polar surface area (TPSA) is 66.4 Å². The molecule has 13 heavy (non-hydrogen) atoms. The van der Waals surface area contributed by atoms with Crippen LogP contribution in [0.3, 0.4) is 0 Å². The van der Waals surface area contributed by atoms with Crippen LogP contribution in [-0.2, 0) is 4.79 Å². The van der Waals surface area contributed by atoms with Crippen LogP contribution in [-0.4, -0.2) is 17.0 Å². The number of carboxylic acids is 1. The monoisotopic (exact) mass is 199 g/mol. The Bertz CT molecular complexity index is 332. The van der Waals surface area contributed by atoms with Gasteiger partial charge in [0.15, 0.2) is 0 Å². The van der Waals surface area contributed by atoms with Gasteiger partial charge >= 0.3 is 5.97 Å². The van der Waals surface area contributed by atoms with Crippen molar-refractivity contribution in [2.24, 2.45) is 0 Å². The van der Waals surface area contributed by atoms with Gasteiger partial charge in [-0.15, -0.1) is 11.3 Å². The second-order valence-corrected chi connectivity index (χ2v) is 3.32. The van der Waals surface area contributed by atoms with Crippen LogP contribution in [0.15, 0.2) is 11.4 Å². The van der Waals surface area contributed by atoms with Crippen molar-refractivity contribution in [3.8, 4) is 0 Å². The lowest BCUT2D eigenvalue weighted by Gasteiger charge is -1.96. The first kappa shape index (κ1) is 9.73. The highest BCUT2D eigenvalue weighted by atomic mass is 32.1. The number of thiophene rings is 1. The molecule has 0 spiro atoms. The number of carbonyl (C=O) groups excluding carboxylic acids is 1. The van der Waals surface area contributed by atoms with Crippen molar-refractivity contribution in [1.82, 2.24) is 0 Å². The quantitative estimate of drug-likeness (QED) is 0.780. The van der Waals surface area contributed by atoms with E-state index in [9.17, 15) is 9.59 Å². The molecule has 1 heterocycles. The van der Waals surface area contributed by atoms with Crippen LogP contribution in [0.1, 0.15) is 23.7 Å². The average Bonchev–Trinajstić information content (AvgIpc) is 2.52. The SMILES string of the molecule is CCC(=O)Nc1cc(C(=O)O)cs1. The maximum absolute atomic E-state index is 10.9. The van der Waals surface area contributed by atoms with E-state index in [0.29, 0.717) is 11.4 Å². The summed E-state index contributed by atoms with van der Waals surface area (Å²) in [6.07, 6.45) is 0.389. The molecule has 2 N–H and O–H groups in total. The van der Waals surface area contributed by atoms with Gasteiger partial charge < -0.3 is 10.4 Å². The van der Waals surface area contributed by atoms with Crippen molar-refractivity contribution in [3.05, 3.63) is 17.0 Å². The Hall–Kier alpha value is -1.36. The van der Waals surface area contributed by atoms with E-state index in [2.05, 4.69) is 5.32 Å². The summed E-state index contributed by atoms with van der Waals surface area (Å²) in [6, 6.07) is 1.44. The lowest BCUT2D eigenvalue weighted by Crippen LogP contribution is -2.07. The standard InChI is InChI=1S/C8H9NO3S/c1-2-6(10)9-7-3-5(4-13-7)8(11)12/h3-4H,2H2,1H3,(H,9,10)(H,11,12). The Morgan fingerprint density at radius 3 is 2.77 bits per heavy atom. The van der Waals surface area contributed by atoms with E-state index >= 15 is 0 Å². The fourth-order valence-corrected chi connectivity index (χ4v) is 1.53. The summed E-state index contributed by atoms with van der Waals surface area (Å²) in [5.74, 6) is -1.09. The molecule has 0 saturated carbocycles. The third kappa shape index (κ3) is 2.55. The minimum absolute atomic E-state index is 0.112. The summed E-state index contributed by atoms with van der Waals surface area (Å²) in [5.41, 5.74) is 0.205. The molecule has 0 atom stereocenters. The Morgan fingerprint density at radius 2 is 2.31 bits per heavy atom. The van der Waals surface area contributed by atoms with E-state index in [-0.39, 0.29) is 11.5 Å². The molecule has 0 saturated heterocycles. The molecule has 70 valence electrons. The summed E-state index contributed by atoms with van der Waals surface area (Å²) in [4.78, 5) is 21.4. The summed E-state index contributed by atoms with van der Waals surface area (Å²) >= 11 is 1.21. The maximum Gasteiger partial charge on any atom is 0.336 e. The molecular weight excluding hydrogens is 190 g/mol. The van der Waals surface area contributed by atoms with Crippen molar-refractivity contribution >= 4 is 28.2 Å². The molecule has 4 nitrogen and oxygen atoms in total. The molecule has 5 heteroatoms. The number of aromatic carboxylic acids is 1. The first-order valence-electron chi connectivity index (χ1n) is 3.75. The van der Waals surface area contributed by atoms with Gasteiger partial charge in [0.1, 0.15) is 0 Å². The van der Waals surface area contributed by atoms with Gasteiger partial charge in [0.25, 0.3) is 0 Å². The van der Waals surface area contributed by atoms with Gasteiger partial charge in [0, 0.05) is 11.8 Å². The van der Waals surface area contributed by atoms with E-state index in [0.717, 1.165) is 0 Å². The smallest absolute Gasteiger partial charge is 0.336 e. The van der Waals surface area contributed by atoms with Gasteiger partial charge in [0.2, 0.25) is 5.91 Å². The molecule has 0 radical (unpaired) electrons. The molecule has 1 amide bonds. The molecule has 1 rings (SSSR count). The molecule has 1 aromatic rings. The van der Waals surface area contributed by atoms with Crippen LogP contribution in [0.4, 0.5) is 5.00 Å². The highest BCUT2D eigenvalue weighted by molar-refractivity contribution is 7.14. The number of hydrogen-bond acceptors (Lipinski definition) is 3. The number of nitrogens with one attached hydrogen (secondary N) is 1. The zero-order chi connectivity index (χ0) is 9.84. The largest absolute Gasteiger partial charge is 0.478 e. The zero-order valence-electron chi connectivity index (χ0n) is 7.03. The third-order valence-corrected chi connectivity index (χ3v) is 2.28. The molecule has 1 aromatic heterocycles. The van der Waals surface area contributed by atoms with Gasteiger partial charge in [-0.2, -0.15) is 0 Å². The molecule has 0 aliphatic carbocycles. The number of rotatable bonds is 3. The Kier molecular flexibility index (Phi) is 3.02. The van der Waals surface area contributed by atoms with E-state index in [1.807, 2.05) is 0 Å².